The lowest BCUT2D eigenvalue weighted by Gasteiger charge is -2.37. The number of carbonyl (C=O) groups is 1. The first-order valence-electron chi connectivity index (χ1n) is 11.4. The van der Waals surface area contributed by atoms with Crippen LogP contribution in [0, 0.1) is 0 Å². The summed E-state index contributed by atoms with van der Waals surface area (Å²) in [6.07, 6.45) is 3.54. The number of benzene rings is 2. The number of piperazine rings is 1. The fourth-order valence-electron chi connectivity index (χ4n) is 4.57. The van der Waals surface area contributed by atoms with Gasteiger partial charge in [-0.2, -0.15) is 0 Å². The minimum absolute atomic E-state index is 0.284. The van der Waals surface area contributed by atoms with Gasteiger partial charge >= 0.3 is 0 Å². The molecular weight excluding hydrogens is 386 g/mol. The first-order valence-corrected chi connectivity index (χ1v) is 11.4. The fraction of sp³-hybridized carbons (Fsp3) is 0.400. The van der Waals surface area contributed by atoms with E-state index in [1.54, 1.807) is 0 Å². The summed E-state index contributed by atoms with van der Waals surface area (Å²) in [4.78, 5) is 29.1. The van der Waals surface area contributed by atoms with Crippen molar-refractivity contribution >= 4 is 22.6 Å². The Morgan fingerprint density at radius 2 is 1.48 bits per heavy atom. The SMILES string of the molecule is O=C(CN1CCN(c2nc(-c3ccccc3)nc3ccccc23)CC1)N1CCCCC1. The minimum atomic E-state index is 0.284. The van der Waals surface area contributed by atoms with Crippen molar-refractivity contribution in [1.29, 1.82) is 0 Å². The Labute approximate surface area is 183 Å². The van der Waals surface area contributed by atoms with Crippen LogP contribution in [0.15, 0.2) is 54.6 Å². The third-order valence-electron chi connectivity index (χ3n) is 6.35. The van der Waals surface area contributed by atoms with Gasteiger partial charge in [-0.15, -0.1) is 0 Å². The molecule has 6 nitrogen and oxygen atoms in total. The number of rotatable bonds is 4. The molecule has 31 heavy (non-hydrogen) atoms. The van der Waals surface area contributed by atoms with Gasteiger partial charge in [-0.05, 0) is 31.4 Å². The van der Waals surface area contributed by atoms with E-state index in [9.17, 15) is 4.79 Å². The van der Waals surface area contributed by atoms with E-state index in [1.807, 2.05) is 35.2 Å². The standard InChI is InChI=1S/C25H29N5O/c31-23(29-13-7-2-8-14-29)19-28-15-17-30(18-16-28)25-21-11-5-6-12-22(21)26-24(27-25)20-9-3-1-4-10-20/h1,3-6,9-12H,2,7-8,13-19H2. The van der Waals surface area contributed by atoms with Gasteiger partial charge in [-0.1, -0.05) is 42.5 Å². The highest BCUT2D eigenvalue weighted by Crippen LogP contribution is 2.28. The van der Waals surface area contributed by atoms with Crippen LogP contribution in [0.5, 0.6) is 0 Å². The number of amides is 1. The van der Waals surface area contributed by atoms with Crippen molar-refractivity contribution in [2.45, 2.75) is 19.3 Å². The van der Waals surface area contributed by atoms with Crippen LogP contribution >= 0.6 is 0 Å². The van der Waals surface area contributed by atoms with Crippen molar-refractivity contribution in [2.75, 3.05) is 50.7 Å². The lowest BCUT2D eigenvalue weighted by atomic mass is 10.1. The summed E-state index contributed by atoms with van der Waals surface area (Å²) in [6.45, 7) is 5.86. The number of fused-ring (bicyclic) bond motifs is 1. The van der Waals surface area contributed by atoms with Crippen molar-refractivity contribution in [1.82, 2.24) is 19.8 Å². The van der Waals surface area contributed by atoms with Gasteiger partial charge in [-0.3, -0.25) is 9.69 Å². The van der Waals surface area contributed by atoms with E-state index in [4.69, 9.17) is 9.97 Å². The van der Waals surface area contributed by atoms with Crippen molar-refractivity contribution in [3.63, 3.8) is 0 Å². The van der Waals surface area contributed by atoms with Gasteiger partial charge < -0.3 is 9.80 Å². The summed E-state index contributed by atoms with van der Waals surface area (Å²) in [5.74, 6) is 2.04. The van der Waals surface area contributed by atoms with Crippen LogP contribution in [0.3, 0.4) is 0 Å². The average Bonchev–Trinajstić information content (AvgIpc) is 2.85. The molecule has 2 aliphatic heterocycles. The summed E-state index contributed by atoms with van der Waals surface area (Å²) in [5, 5.41) is 1.08. The maximum atomic E-state index is 12.6. The molecule has 2 saturated heterocycles. The van der Waals surface area contributed by atoms with E-state index in [-0.39, 0.29) is 5.91 Å². The Kier molecular flexibility index (Phi) is 5.80. The molecule has 3 heterocycles. The van der Waals surface area contributed by atoms with Crippen molar-refractivity contribution in [3.8, 4) is 11.4 Å². The second kappa shape index (κ2) is 9.02. The predicted octanol–water partition coefficient (Wildman–Crippen LogP) is 3.43. The van der Waals surface area contributed by atoms with E-state index in [1.165, 1.54) is 6.42 Å². The summed E-state index contributed by atoms with van der Waals surface area (Å²) in [7, 11) is 0. The van der Waals surface area contributed by atoms with Crippen LogP contribution in [0.4, 0.5) is 5.82 Å². The number of likely N-dealkylation sites (tertiary alicyclic amines) is 1. The third kappa shape index (κ3) is 4.39. The number of hydrogen-bond donors (Lipinski definition) is 0. The van der Waals surface area contributed by atoms with E-state index in [2.05, 4.69) is 34.1 Å². The second-order valence-corrected chi connectivity index (χ2v) is 8.46. The maximum absolute atomic E-state index is 12.6. The molecule has 0 bridgehead atoms. The van der Waals surface area contributed by atoms with E-state index >= 15 is 0 Å². The van der Waals surface area contributed by atoms with Gasteiger partial charge in [0.05, 0.1) is 12.1 Å². The lowest BCUT2D eigenvalue weighted by Crippen LogP contribution is -2.51. The lowest BCUT2D eigenvalue weighted by molar-refractivity contribution is -0.133. The van der Waals surface area contributed by atoms with Crippen LogP contribution in [0.25, 0.3) is 22.3 Å². The summed E-state index contributed by atoms with van der Waals surface area (Å²) >= 11 is 0. The molecule has 0 N–H and O–H groups in total. The zero-order chi connectivity index (χ0) is 21.0. The molecule has 0 aliphatic carbocycles. The molecule has 160 valence electrons. The first kappa shape index (κ1) is 19.9. The topological polar surface area (TPSA) is 52.6 Å². The average molecular weight is 416 g/mol. The molecule has 2 aromatic carbocycles. The number of aromatic nitrogens is 2. The summed E-state index contributed by atoms with van der Waals surface area (Å²) in [5.41, 5.74) is 1.99. The molecule has 0 atom stereocenters. The number of anilines is 1. The predicted molar refractivity (Wildman–Crippen MR) is 124 cm³/mol. The van der Waals surface area contributed by atoms with E-state index < -0.39 is 0 Å². The van der Waals surface area contributed by atoms with Crippen molar-refractivity contribution < 1.29 is 4.79 Å². The maximum Gasteiger partial charge on any atom is 0.236 e. The molecule has 5 rings (SSSR count). The molecule has 0 unspecified atom stereocenters. The Hall–Kier alpha value is -2.99. The molecule has 0 radical (unpaired) electrons. The van der Waals surface area contributed by atoms with Crippen LogP contribution in [0.2, 0.25) is 0 Å². The quantitative estimate of drug-likeness (QED) is 0.654. The summed E-state index contributed by atoms with van der Waals surface area (Å²) in [6, 6.07) is 18.4. The number of hydrogen-bond acceptors (Lipinski definition) is 5. The molecule has 1 aromatic heterocycles. The third-order valence-corrected chi connectivity index (χ3v) is 6.35. The van der Waals surface area contributed by atoms with E-state index in [0.717, 1.165) is 80.2 Å². The molecule has 2 fully saturated rings. The number of carbonyl (C=O) groups excluding carboxylic acids is 1. The number of piperidine rings is 1. The van der Waals surface area contributed by atoms with Crippen LogP contribution in [-0.4, -0.2) is 71.5 Å². The molecule has 1 amide bonds. The molecule has 0 spiro atoms. The van der Waals surface area contributed by atoms with Gasteiger partial charge in [-0.25, -0.2) is 9.97 Å². The largest absolute Gasteiger partial charge is 0.353 e. The van der Waals surface area contributed by atoms with Gasteiger partial charge in [0.15, 0.2) is 5.82 Å². The second-order valence-electron chi connectivity index (χ2n) is 8.46. The number of nitrogens with zero attached hydrogens (tertiary/aromatic N) is 5. The van der Waals surface area contributed by atoms with Crippen molar-refractivity contribution in [2.24, 2.45) is 0 Å². The van der Waals surface area contributed by atoms with E-state index in [0.29, 0.717) is 6.54 Å². The molecule has 3 aromatic rings. The molecule has 0 saturated carbocycles. The van der Waals surface area contributed by atoms with Crippen molar-refractivity contribution in [3.05, 3.63) is 54.6 Å². The zero-order valence-corrected chi connectivity index (χ0v) is 17.9. The highest BCUT2D eigenvalue weighted by atomic mass is 16.2. The zero-order valence-electron chi connectivity index (χ0n) is 17.9. The Balaban J connectivity index is 1.33. The monoisotopic (exact) mass is 415 g/mol. The van der Waals surface area contributed by atoms with Crippen LogP contribution < -0.4 is 4.90 Å². The van der Waals surface area contributed by atoms with Gasteiger partial charge in [0.2, 0.25) is 5.91 Å². The minimum Gasteiger partial charge on any atom is -0.353 e. The molecular formula is C25H29N5O. The Morgan fingerprint density at radius 1 is 0.774 bits per heavy atom. The highest BCUT2D eigenvalue weighted by Gasteiger charge is 2.24. The van der Waals surface area contributed by atoms with Gasteiger partial charge in [0, 0.05) is 50.2 Å². The molecule has 2 aliphatic rings. The molecule has 6 heteroatoms. The van der Waals surface area contributed by atoms with Gasteiger partial charge in [0.25, 0.3) is 0 Å². The Morgan fingerprint density at radius 3 is 2.26 bits per heavy atom. The highest BCUT2D eigenvalue weighted by molar-refractivity contribution is 5.91. The van der Waals surface area contributed by atoms with Crippen LogP contribution in [0.1, 0.15) is 19.3 Å². The van der Waals surface area contributed by atoms with Crippen LogP contribution in [-0.2, 0) is 4.79 Å². The number of para-hydroxylation sites is 1. The van der Waals surface area contributed by atoms with Gasteiger partial charge in [0.1, 0.15) is 5.82 Å². The fourth-order valence-corrected chi connectivity index (χ4v) is 4.57. The summed E-state index contributed by atoms with van der Waals surface area (Å²) < 4.78 is 0. The smallest absolute Gasteiger partial charge is 0.236 e. The normalized spacial score (nSPS) is 17.8. The Bertz CT molecular complexity index is 1040. The first-order chi connectivity index (χ1) is 15.3.